The van der Waals surface area contributed by atoms with Gasteiger partial charge in [0.15, 0.2) is 6.61 Å². The fourth-order valence-electron chi connectivity index (χ4n) is 2.10. The van der Waals surface area contributed by atoms with E-state index in [9.17, 15) is 0 Å². The van der Waals surface area contributed by atoms with E-state index >= 15 is 0 Å². The molecule has 0 amide bonds. The number of aromatic nitrogens is 2. The van der Waals surface area contributed by atoms with Crippen LogP contribution >= 0.6 is 11.6 Å². The summed E-state index contributed by atoms with van der Waals surface area (Å²) in [5, 5.41) is 8.57. The molecule has 0 spiro atoms. The highest BCUT2D eigenvalue weighted by Gasteiger charge is 2.13. The lowest BCUT2D eigenvalue weighted by atomic mass is 10.2. The molecule has 0 saturated heterocycles. The second-order valence-electron chi connectivity index (χ2n) is 4.92. The van der Waals surface area contributed by atoms with Crippen LogP contribution in [-0.4, -0.2) is 17.3 Å². The van der Waals surface area contributed by atoms with E-state index in [2.05, 4.69) is 10.2 Å². The first kappa shape index (κ1) is 15.4. The van der Waals surface area contributed by atoms with E-state index in [0.29, 0.717) is 28.3 Å². The van der Waals surface area contributed by atoms with Crippen molar-refractivity contribution in [3.05, 3.63) is 58.9 Å². The van der Waals surface area contributed by atoms with E-state index in [1.165, 1.54) is 0 Å². The summed E-state index contributed by atoms with van der Waals surface area (Å²) in [6, 6.07) is 13.0. The molecule has 0 unspecified atom stereocenters. The van der Waals surface area contributed by atoms with Crippen molar-refractivity contribution in [2.75, 3.05) is 7.11 Å². The maximum Gasteiger partial charge on any atom is 0.254 e. The second kappa shape index (κ2) is 6.71. The summed E-state index contributed by atoms with van der Waals surface area (Å²) in [6.07, 6.45) is 0. The molecule has 0 aliphatic rings. The molecule has 0 saturated carbocycles. The Balaban J connectivity index is 1.76. The van der Waals surface area contributed by atoms with Crippen molar-refractivity contribution in [1.29, 1.82) is 0 Å². The van der Waals surface area contributed by atoms with Crippen molar-refractivity contribution < 1.29 is 13.9 Å². The van der Waals surface area contributed by atoms with Crippen LogP contribution in [0.1, 0.15) is 11.5 Å². The van der Waals surface area contributed by atoms with Gasteiger partial charge in [-0.1, -0.05) is 29.8 Å². The van der Waals surface area contributed by atoms with E-state index < -0.39 is 0 Å². The van der Waals surface area contributed by atoms with Gasteiger partial charge in [-0.25, -0.2) is 0 Å². The summed E-state index contributed by atoms with van der Waals surface area (Å²) in [7, 11) is 1.60. The topological polar surface area (TPSA) is 57.4 Å². The molecule has 0 atom stereocenters. The number of hydrogen-bond donors (Lipinski definition) is 0. The number of hydrogen-bond acceptors (Lipinski definition) is 5. The maximum absolute atomic E-state index is 6.09. The lowest BCUT2D eigenvalue weighted by molar-refractivity contribution is 0.264. The molecule has 23 heavy (non-hydrogen) atoms. The van der Waals surface area contributed by atoms with Crippen LogP contribution in [0.3, 0.4) is 0 Å². The molecule has 0 N–H and O–H groups in total. The van der Waals surface area contributed by atoms with E-state index in [-0.39, 0.29) is 6.61 Å². The molecule has 0 aliphatic carbocycles. The lowest BCUT2D eigenvalue weighted by Crippen LogP contribution is -1.96. The Bertz CT molecular complexity index is 817. The summed E-state index contributed by atoms with van der Waals surface area (Å²) in [5.41, 5.74) is 1.80. The van der Waals surface area contributed by atoms with Gasteiger partial charge in [0.05, 0.1) is 17.7 Å². The SMILES string of the molecule is COc1ccccc1-c1nnc(COc2cc(C)ccc2Cl)o1. The lowest BCUT2D eigenvalue weighted by Gasteiger charge is -2.06. The highest BCUT2D eigenvalue weighted by Crippen LogP contribution is 2.29. The quantitative estimate of drug-likeness (QED) is 0.698. The van der Waals surface area contributed by atoms with Crippen LogP contribution in [0.5, 0.6) is 11.5 Å². The van der Waals surface area contributed by atoms with Crippen LogP contribution in [-0.2, 0) is 6.61 Å². The van der Waals surface area contributed by atoms with Gasteiger partial charge < -0.3 is 13.9 Å². The Kier molecular flexibility index (Phi) is 4.48. The van der Waals surface area contributed by atoms with Gasteiger partial charge >= 0.3 is 0 Å². The minimum absolute atomic E-state index is 0.144. The summed E-state index contributed by atoms with van der Waals surface area (Å²) in [4.78, 5) is 0. The molecule has 3 aromatic rings. The number of halogens is 1. The number of rotatable bonds is 5. The van der Waals surface area contributed by atoms with Crippen LogP contribution in [0.15, 0.2) is 46.9 Å². The Labute approximate surface area is 138 Å². The molecular formula is C17H15ClN2O3. The van der Waals surface area contributed by atoms with Gasteiger partial charge in [0.1, 0.15) is 11.5 Å². The van der Waals surface area contributed by atoms with Gasteiger partial charge in [0.25, 0.3) is 11.8 Å². The molecule has 2 aromatic carbocycles. The fraction of sp³-hybridized carbons (Fsp3) is 0.176. The second-order valence-corrected chi connectivity index (χ2v) is 5.33. The number of para-hydroxylation sites is 1. The fourth-order valence-corrected chi connectivity index (χ4v) is 2.27. The van der Waals surface area contributed by atoms with E-state index in [1.807, 2.05) is 43.3 Å². The Morgan fingerprint density at radius 1 is 1.09 bits per heavy atom. The van der Waals surface area contributed by atoms with Crippen LogP contribution in [0.25, 0.3) is 11.5 Å². The van der Waals surface area contributed by atoms with Gasteiger partial charge in [-0.3, -0.25) is 0 Å². The van der Waals surface area contributed by atoms with Crippen LogP contribution in [0.2, 0.25) is 5.02 Å². The highest BCUT2D eigenvalue weighted by molar-refractivity contribution is 6.32. The van der Waals surface area contributed by atoms with Crippen molar-refractivity contribution in [3.8, 4) is 23.0 Å². The predicted molar refractivity (Wildman–Crippen MR) is 86.8 cm³/mol. The minimum Gasteiger partial charge on any atom is -0.496 e. The number of benzene rings is 2. The largest absolute Gasteiger partial charge is 0.496 e. The molecule has 1 heterocycles. The van der Waals surface area contributed by atoms with Crippen molar-refractivity contribution in [3.63, 3.8) is 0 Å². The van der Waals surface area contributed by atoms with E-state index in [0.717, 1.165) is 11.1 Å². The number of nitrogens with zero attached hydrogens (tertiary/aromatic N) is 2. The first-order valence-electron chi connectivity index (χ1n) is 7.02. The van der Waals surface area contributed by atoms with Crippen molar-refractivity contribution in [2.24, 2.45) is 0 Å². The third kappa shape index (κ3) is 3.46. The Hall–Kier alpha value is -2.53. The van der Waals surface area contributed by atoms with Crippen LogP contribution in [0, 0.1) is 6.92 Å². The van der Waals surface area contributed by atoms with E-state index in [1.54, 1.807) is 13.2 Å². The third-order valence-corrected chi connectivity index (χ3v) is 3.55. The molecule has 0 aliphatic heterocycles. The number of methoxy groups -OCH3 is 1. The van der Waals surface area contributed by atoms with Gasteiger partial charge in [0.2, 0.25) is 0 Å². The molecule has 0 bridgehead atoms. The average molecular weight is 331 g/mol. The molecule has 1 aromatic heterocycles. The molecule has 3 rings (SSSR count). The number of aryl methyl sites for hydroxylation is 1. The van der Waals surface area contributed by atoms with E-state index in [4.69, 9.17) is 25.5 Å². The van der Waals surface area contributed by atoms with Gasteiger partial charge in [-0.15, -0.1) is 10.2 Å². The maximum atomic E-state index is 6.09. The molecule has 118 valence electrons. The minimum atomic E-state index is 0.144. The van der Waals surface area contributed by atoms with Crippen molar-refractivity contribution >= 4 is 11.6 Å². The third-order valence-electron chi connectivity index (χ3n) is 3.24. The average Bonchev–Trinajstić information content (AvgIpc) is 3.04. The smallest absolute Gasteiger partial charge is 0.254 e. The molecule has 0 fully saturated rings. The molecule has 0 radical (unpaired) electrons. The van der Waals surface area contributed by atoms with Gasteiger partial charge in [-0.05, 0) is 36.8 Å². The Morgan fingerprint density at radius 3 is 2.74 bits per heavy atom. The molecule has 5 nitrogen and oxygen atoms in total. The Morgan fingerprint density at radius 2 is 1.91 bits per heavy atom. The first-order valence-corrected chi connectivity index (χ1v) is 7.40. The zero-order chi connectivity index (χ0) is 16.2. The van der Waals surface area contributed by atoms with Crippen molar-refractivity contribution in [2.45, 2.75) is 13.5 Å². The highest BCUT2D eigenvalue weighted by atomic mass is 35.5. The summed E-state index contributed by atoms with van der Waals surface area (Å²) < 4.78 is 16.6. The summed E-state index contributed by atoms with van der Waals surface area (Å²) >= 11 is 6.09. The van der Waals surface area contributed by atoms with Gasteiger partial charge in [0, 0.05) is 0 Å². The van der Waals surface area contributed by atoms with Gasteiger partial charge in [-0.2, -0.15) is 0 Å². The molecule has 6 heteroatoms. The zero-order valence-corrected chi connectivity index (χ0v) is 13.5. The molecular weight excluding hydrogens is 316 g/mol. The normalized spacial score (nSPS) is 10.6. The van der Waals surface area contributed by atoms with Crippen LogP contribution in [0.4, 0.5) is 0 Å². The number of ether oxygens (including phenoxy) is 2. The standard InChI is InChI=1S/C17H15ClN2O3/c1-11-7-8-13(18)15(9-11)22-10-16-19-20-17(23-16)12-5-3-4-6-14(12)21-2/h3-9H,10H2,1-2H3. The van der Waals surface area contributed by atoms with Crippen LogP contribution < -0.4 is 9.47 Å². The predicted octanol–water partition coefficient (Wildman–Crippen LogP) is 4.29. The monoisotopic (exact) mass is 330 g/mol. The summed E-state index contributed by atoms with van der Waals surface area (Å²) in [6.45, 7) is 2.11. The first-order chi connectivity index (χ1) is 11.2. The zero-order valence-electron chi connectivity index (χ0n) is 12.7. The summed E-state index contributed by atoms with van der Waals surface area (Å²) in [5.74, 6) is 2.01. The van der Waals surface area contributed by atoms with Crippen molar-refractivity contribution in [1.82, 2.24) is 10.2 Å².